The zero-order chi connectivity index (χ0) is 15.2. The molecular formula is C17H21N3OS. The summed E-state index contributed by atoms with van der Waals surface area (Å²) in [5.74, 6) is 3.15. The van der Waals surface area contributed by atoms with E-state index >= 15 is 0 Å². The normalized spacial score (nSPS) is 26.3. The van der Waals surface area contributed by atoms with Crippen molar-refractivity contribution < 1.29 is 5.11 Å². The third-order valence-corrected chi connectivity index (χ3v) is 6.32. The molecule has 2 aromatic rings. The van der Waals surface area contributed by atoms with Crippen molar-refractivity contribution in [1.82, 2.24) is 14.8 Å². The Morgan fingerprint density at radius 2 is 2.00 bits per heavy atom. The van der Waals surface area contributed by atoms with Crippen LogP contribution in [0.3, 0.4) is 0 Å². The number of aromatic nitrogens is 3. The molecular weight excluding hydrogens is 294 g/mol. The highest BCUT2D eigenvalue weighted by Crippen LogP contribution is 2.53. The lowest BCUT2D eigenvalue weighted by Gasteiger charge is -2.23. The first kappa shape index (κ1) is 14.3. The maximum Gasteiger partial charge on any atom is 0.143 e. The SMILES string of the molecule is CC1(CO)Cc2nnc(C3(c4ccccc4)CC3)n2CCS1. The molecule has 116 valence electrons. The molecule has 2 aliphatic rings. The first-order valence-electron chi connectivity index (χ1n) is 7.90. The lowest BCUT2D eigenvalue weighted by atomic mass is 9.95. The Kier molecular flexibility index (Phi) is 3.31. The number of thioether (sulfide) groups is 1. The molecule has 1 aromatic carbocycles. The van der Waals surface area contributed by atoms with Crippen LogP contribution in [0.15, 0.2) is 30.3 Å². The summed E-state index contributed by atoms with van der Waals surface area (Å²) in [7, 11) is 0. The summed E-state index contributed by atoms with van der Waals surface area (Å²) >= 11 is 1.84. The Bertz CT molecular complexity index is 680. The molecule has 1 N–H and O–H groups in total. The van der Waals surface area contributed by atoms with Crippen LogP contribution in [-0.4, -0.2) is 37.0 Å². The predicted molar refractivity (Wildman–Crippen MR) is 88.1 cm³/mol. The van der Waals surface area contributed by atoms with Crippen LogP contribution in [0.25, 0.3) is 0 Å². The zero-order valence-corrected chi connectivity index (χ0v) is 13.6. The van der Waals surface area contributed by atoms with Gasteiger partial charge in [-0.15, -0.1) is 10.2 Å². The fourth-order valence-corrected chi connectivity index (χ4v) is 4.54. The standard InChI is InChI=1S/C17H21N3OS/c1-16(12-21)11-14-18-19-15(20(14)9-10-22-16)17(7-8-17)13-5-3-2-4-6-13/h2-6,21H,7-12H2,1H3. The third kappa shape index (κ3) is 2.18. The van der Waals surface area contributed by atoms with Crippen LogP contribution in [0.1, 0.15) is 37.0 Å². The van der Waals surface area contributed by atoms with E-state index < -0.39 is 0 Å². The van der Waals surface area contributed by atoms with Gasteiger partial charge in [-0.3, -0.25) is 0 Å². The van der Waals surface area contributed by atoms with Crippen LogP contribution in [-0.2, 0) is 18.4 Å². The quantitative estimate of drug-likeness (QED) is 0.945. The number of aliphatic hydroxyl groups excluding tert-OH is 1. The van der Waals surface area contributed by atoms with E-state index in [-0.39, 0.29) is 16.8 Å². The Hall–Kier alpha value is -1.33. The van der Waals surface area contributed by atoms with Gasteiger partial charge in [0.05, 0.1) is 12.0 Å². The van der Waals surface area contributed by atoms with E-state index in [9.17, 15) is 5.11 Å². The van der Waals surface area contributed by atoms with Crippen LogP contribution < -0.4 is 0 Å². The third-order valence-electron chi connectivity index (χ3n) is 4.96. The van der Waals surface area contributed by atoms with E-state index in [1.807, 2.05) is 11.8 Å². The van der Waals surface area contributed by atoms with Crippen molar-refractivity contribution in [3.63, 3.8) is 0 Å². The molecule has 0 saturated heterocycles. The summed E-state index contributed by atoms with van der Waals surface area (Å²) in [5.41, 5.74) is 1.42. The van der Waals surface area contributed by atoms with E-state index in [1.54, 1.807) is 0 Å². The smallest absolute Gasteiger partial charge is 0.143 e. The summed E-state index contributed by atoms with van der Waals surface area (Å²) in [6, 6.07) is 10.7. The average Bonchev–Trinajstić information content (AvgIpc) is 3.30. The van der Waals surface area contributed by atoms with Gasteiger partial charge in [0, 0.05) is 23.5 Å². The highest BCUT2D eigenvalue weighted by molar-refractivity contribution is 8.00. The fraction of sp³-hybridized carbons (Fsp3) is 0.529. The Morgan fingerprint density at radius 1 is 1.23 bits per heavy atom. The number of hydrogen-bond donors (Lipinski definition) is 1. The van der Waals surface area contributed by atoms with Crippen molar-refractivity contribution in [2.24, 2.45) is 0 Å². The van der Waals surface area contributed by atoms with E-state index in [4.69, 9.17) is 0 Å². The maximum atomic E-state index is 9.68. The molecule has 1 saturated carbocycles. The minimum Gasteiger partial charge on any atom is -0.395 e. The van der Waals surface area contributed by atoms with Gasteiger partial charge >= 0.3 is 0 Å². The predicted octanol–water partition coefficient (Wildman–Crippen LogP) is 2.40. The lowest BCUT2D eigenvalue weighted by Crippen LogP contribution is -2.28. The van der Waals surface area contributed by atoms with Crippen molar-refractivity contribution >= 4 is 11.8 Å². The number of nitrogens with zero attached hydrogens (tertiary/aromatic N) is 3. The molecule has 5 heteroatoms. The summed E-state index contributed by atoms with van der Waals surface area (Å²) in [6.07, 6.45) is 3.09. The van der Waals surface area contributed by atoms with Gasteiger partial charge in [0.2, 0.25) is 0 Å². The summed E-state index contributed by atoms with van der Waals surface area (Å²) in [5, 5.41) is 18.7. The number of hydrogen-bond acceptors (Lipinski definition) is 4. The minimum atomic E-state index is -0.137. The second-order valence-electron chi connectivity index (χ2n) is 6.67. The van der Waals surface area contributed by atoms with Crippen LogP contribution in [0.4, 0.5) is 0 Å². The van der Waals surface area contributed by atoms with Gasteiger partial charge in [-0.2, -0.15) is 11.8 Å². The molecule has 0 amide bonds. The lowest BCUT2D eigenvalue weighted by molar-refractivity contribution is 0.254. The van der Waals surface area contributed by atoms with Crippen LogP contribution in [0.5, 0.6) is 0 Å². The molecule has 4 nitrogen and oxygen atoms in total. The van der Waals surface area contributed by atoms with Gasteiger partial charge < -0.3 is 9.67 Å². The molecule has 1 unspecified atom stereocenters. The molecule has 22 heavy (non-hydrogen) atoms. The minimum absolute atomic E-state index is 0.0666. The molecule has 4 rings (SSSR count). The molecule has 1 aliphatic heterocycles. The van der Waals surface area contributed by atoms with Gasteiger partial charge in [-0.25, -0.2) is 0 Å². The molecule has 0 radical (unpaired) electrons. The molecule has 1 aliphatic carbocycles. The largest absolute Gasteiger partial charge is 0.395 e. The zero-order valence-electron chi connectivity index (χ0n) is 12.8. The van der Waals surface area contributed by atoms with Crippen molar-refractivity contribution in [1.29, 1.82) is 0 Å². The highest BCUT2D eigenvalue weighted by Gasteiger charge is 2.50. The summed E-state index contributed by atoms with van der Waals surface area (Å²) in [6.45, 7) is 3.24. The Balaban J connectivity index is 1.74. The van der Waals surface area contributed by atoms with Gasteiger partial charge in [0.15, 0.2) is 0 Å². The van der Waals surface area contributed by atoms with Crippen molar-refractivity contribution in [2.45, 2.75) is 42.9 Å². The van der Waals surface area contributed by atoms with Crippen LogP contribution >= 0.6 is 11.8 Å². The van der Waals surface area contributed by atoms with Crippen LogP contribution in [0, 0.1) is 0 Å². The Labute approximate surface area is 135 Å². The molecule has 1 atom stereocenters. The number of aliphatic hydroxyl groups is 1. The molecule has 2 heterocycles. The van der Waals surface area contributed by atoms with Crippen molar-refractivity contribution in [2.75, 3.05) is 12.4 Å². The van der Waals surface area contributed by atoms with Crippen LogP contribution in [0.2, 0.25) is 0 Å². The summed E-state index contributed by atoms with van der Waals surface area (Å²) < 4.78 is 2.18. The van der Waals surface area contributed by atoms with Gasteiger partial charge in [-0.05, 0) is 25.3 Å². The monoisotopic (exact) mass is 315 g/mol. The van der Waals surface area contributed by atoms with Crippen molar-refractivity contribution in [3.05, 3.63) is 47.5 Å². The first-order chi connectivity index (χ1) is 10.7. The molecule has 1 fully saturated rings. The highest BCUT2D eigenvalue weighted by atomic mass is 32.2. The van der Waals surface area contributed by atoms with E-state index in [0.717, 1.165) is 43.2 Å². The van der Waals surface area contributed by atoms with E-state index in [1.165, 1.54) is 5.56 Å². The molecule has 1 aromatic heterocycles. The fourth-order valence-electron chi connectivity index (χ4n) is 3.45. The van der Waals surface area contributed by atoms with Gasteiger partial charge in [-0.1, -0.05) is 30.3 Å². The Morgan fingerprint density at radius 3 is 2.68 bits per heavy atom. The number of rotatable bonds is 3. The maximum absolute atomic E-state index is 9.68. The van der Waals surface area contributed by atoms with E-state index in [0.29, 0.717) is 0 Å². The van der Waals surface area contributed by atoms with E-state index in [2.05, 4.69) is 52.0 Å². The number of benzene rings is 1. The average molecular weight is 315 g/mol. The topological polar surface area (TPSA) is 50.9 Å². The van der Waals surface area contributed by atoms with Crippen molar-refractivity contribution in [3.8, 4) is 0 Å². The van der Waals surface area contributed by atoms with Gasteiger partial charge in [0.1, 0.15) is 11.6 Å². The summed E-state index contributed by atoms with van der Waals surface area (Å²) in [4.78, 5) is 0. The van der Waals surface area contributed by atoms with Gasteiger partial charge in [0.25, 0.3) is 0 Å². The molecule has 0 spiro atoms. The first-order valence-corrected chi connectivity index (χ1v) is 8.88. The second-order valence-corrected chi connectivity index (χ2v) is 8.36. The molecule has 0 bridgehead atoms. The number of fused-ring (bicyclic) bond motifs is 1. The second kappa shape index (κ2) is 5.10.